The van der Waals surface area contributed by atoms with Gasteiger partial charge in [0.05, 0.1) is 0 Å². The lowest BCUT2D eigenvalue weighted by atomic mass is 9.91. The highest BCUT2D eigenvalue weighted by Crippen LogP contribution is 2.48. The van der Waals surface area contributed by atoms with Crippen LogP contribution >= 0.6 is 11.8 Å². The van der Waals surface area contributed by atoms with Crippen molar-refractivity contribution in [2.24, 2.45) is 0 Å². The molecule has 0 atom stereocenters. The van der Waals surface area contributed by atoms with Crippen molar-refractivity contribution < 1.29 is 0 Å². The molecule has 2 aliphatic rings. The molecule has 0 N–H and O–H groups in total. The van der Waals surface area contributed by atoms with E-state index in [2.05, 4.69) is 84.9 Å². The number of hydrogen-bond donors (Lipinski definition) is 0. The van der Waals surface area contributed by atoms with Crippen LogP contribution in [0.2, 0.25) is 0 Å². The number of thioether (sulfide) groups is 1. The molecule has 0 spiro atoms. The SMILES string of the molecule is c1cc2cc(c1)C1=C(c3cccc(c3)CSC2)c2cccc3cccc1c23. The van der Waals surface area contributed by atoms with Crippen molar-refractivity contribution in [2.45, 2.75) is 11.5 Å². The normalized spacial score (nSPS) is 14.8. The Kier molecular flexibility index (Phi) is 3.33. The molecule has 1 aliphatic carbocycles. The molecule has 0 unspecified atom stereocenters. The average Bonchev–Trinajstić information content (AvgIpc) is 3.04. The van der Waals surface area contributed by atoms with Gasteiger partial charge in [-0.1, -0.05) is 84.9 Å². The van der Waals surface area contributed by atoms with Gasteiger partial charge in [-0.15, -0.1) is 0 Å². The summed E-state index contributed by atoms with van der Waals surface area (Å²) in [6.45, 7) is 0. The average molecular weight is 362 g/mol. The first-order valence-corrected chi connectivity index (χ1v) is 10.6. The van der Waals surface area contributed by atoms with Crippen molar-refractivity contribution in [1.29, 1.82) is 0 Å². The molecule has 0 aromatic heterocycles. The Morgan fingerprint density at radius 1 is 0.556 bits per heavy atom. The van der Waals surface area contributed by atoms with E-state index >= 15 is 0 Å². The number of benzene rings is 4. The summed E-state index contributed by atoms with van der Waals surface area (Å²) in [5.41, 5.74) is 11.0. The van der Waals surface area contributed by atoms with Gasteiger partial charge in [0.1, 0.15) is 0 Å². The van der Waals surface area contributed by atoms with Crippen LogP contribution < -0.4 is 0 Å². The lowest BCUT2D eigenvalue weighted by Gasteiger charge is -2.12. The second-order valence-corrected chi connectivity index (χ2v) is 8.34. The molecule has 0 saturated carbocycles. The van der Waals surface area contributed by atoms with Gasteiger partial charge in [0.15, 0.2) is 0 Å². The van der Waals surface area contributed by atoms with Crippen LogP contribution in [0.4, 0.5) is 0 Å². The molecular weight excluding hydrogens is 344 g/mol. The first-order valence-electron chi connectivity index (χ1n) is 9.42. The first-order chi connectivity index (χ1) is 13.4. The quantitative estimate of drug-likeness (QED) is 0.288. The van der Waals surface area contributed by atoms with Crippen molar-refractivity contribution in [3.05, 3.63) is 118 Å². The molecule has 0 amide bonds. The van der Waals surface area contributed by atoms with Crippen molar-refractivity contribution in [2.75, 3.05) is 0 Å². The van der Waals surface area contributed by atoms with Gasteiger partial charge in [0, 0.05) is 11.5 Å². The fraction of sp³-hybridized carbons (Fsp3) is 0.0769. The van der Waals surface area contributed by atoms with Crippen LogP contribution in [0.1, 0.15) is 33.4 Å². The van der Waals surface area contributed by atoms with Crippen LogP contribution in [0.5, 0.6) is 0 Å². The zero-order valence-corrected chi connectivity index (χ0v) is 15.7. The molecule has 0 nitrogen and oxygen atoms in total. The van der Waals surface area contributed by atoms with Gasteiger partial charge in [-0.2, -0.15) is 11.8 Å². The van der Waals surface area contributed by atoms with Crippen molar-refractivity contribution in [1.82, 2.24) is 0 Å². The Labute approximate surface area is 163 Å². The van der Waals surface area contributed by atoms with E-state index in [4.69, 9.17) is 0 Å². The second-order valence-electron chi connectivity index (χ2n) is 7.35. The van der Waals surface area contributed by atoms with Gasteiger partial charge in [-0.05, 0) is 55.3 Å². The Balaban J connectivity index is 1.77. The van der Waals surface area contributed by atoms with E-state index in [1.54, 1.807) is 0 Å². The topological polar surface area (TPSA) is 0 Å². The Morgan fingerprint density at radius 2 is 1.07 bits per heavy atom. The molecule has 0 fully saturated rings. The molecule has 4 aromatic rings. The molecule has 0 saturated heterocycles. The number of rotatable bonds is 0. The summed E-state index contributed by atoms with van der Waals surface area (Å²) in [5.74, 6) is 2.11. The zero-order valence-electron chi connectivity index (χ0n) is 14.9. The second kappa shape index (κ2) is 5.87. The lowest BCUT2D eigenvalue weighted by Crippen LogP contribution is -1.92. The summed E-state index contributed by atoms with van der Waals surface area (Å²) in [6.07, 6.45) is 0. The molecule has 1 heterocycles. The number of fused-ring (bicyclic) bond motifs is 8. The number of hydrogen-bond acceptors (Lipinski definition) is 1. The maximum Gasteiger partial charge on any atom is 0.0188 e. The maximum atomic E-state index is 2.39. The lowest BCUT2D eigenvalue weighted by molar-refractivity contribution is 1.36. The third-order valence-electron chi connectivity index (χ3n) is 5.66. The predicted octanol–water partition coefficient (Wildman–Crippen LogP) is 6.91. The van der Waals surface area contributed by atoms with Crippen LogP contribution in [0.15, 0.2) is 84.9 Å². The highest BCUT2D eigenvalue weighted by atomic mass is 32.2. The van der Waals surface area contributed by atoms with Crippen molar-refractivity contribution >= 4 is 33.7 Å². The summed E-state index contributed by atoms with van der Waals surface area (Å²) < 4.78 is 0. The molecule has 4 aromatic carbocycles. The smallest absolute Gasteiger partial charge is 0.0188 e. The van der Waals surface area contributed by atoms with Crippen LogP contribution in [-0.2, 0) is 11.5 Å². The van der Waals surface area contributed by atoms with Gasteiger partial charge >= 0.3 is 0 Å². The Bertz CT molecular complexity index is 1150. The van der Waals surface area contributed by atoms with Gasteiger partial charge in [-0.3, -0.25) is 0 Å². The molecule has 0 radical (unpaired) electrons. The minimum absolute atomic E-state index is 1.05. The predicted molar refractivity (Wildman–Crippen MR) is 117 cm³/mol. The summed E-state index contributed by atoms with van der Waals surface area (Å²) in [6, 6.07) is 31.7. The molecule has 6 rings (SSSR count). The van der Waals surface area contributed by atoms with E-state index in [9.17, 15) is 0 Å². The highest BCUT2D eigenvalue weighted by molar-refractivity contribution is 7.97. The minimum Gasteiger partial charge on any atom is -0.152 e. The molecular formula is C26H18S. The monoisotopic (exact) mass is 362 g/mol. The van der Waals surface area contributed by atoms with Crippen LogP contribution in [0.3, 0.4) is 0 Å². The molecule has 128 valence electrons. The van der Waals surface area contributed by atoms with Gasteiger partial charge in [-0.25, -0.2) is 0 Å². The Hall–Kier alpha value is -2.77. The third-order valence-corrected chi connectivity index (χ3v) is 6.74. The largest absolute Gasteiger partial charge is 0.152 e. The van der Waals surface area contributed by atoms with Crippen LogP contribution in [0.25, 0.3) is 21.9 Å². The molecule has 4 bridgehead atoms. The summed E-state index contributed by atoms with van der Waals surface area (Å²) >= 11 is 1.99. The van der Waals surface area contributed by atoms with E-state index in [1.807, 2.05) is 11.8 Å². The fourth-order valence-electron chi connectivity index (χ4n) is 4.55. The highest BCUT2D eigenvalue weighted by Gasteiger charge is 2.26. The minimum atomic E-state index is 1.05. The van der Waals surface area contributed by atoms with Crippen molar-refractivity contribution in [3.8, 4) is 0 Å². The van der Waals surface area contributed by atoms with Gasteiger partial charge in [0.2, 0.25) is 0 Å². The Morgan fingerprint density at radius 3 is 1.63 bits per heavy atom. The van der Waals surface area contributed by atoms with Gasteiger partial charge in [0.25, 0.3) is 0 Å². The fourth-order valence-corrected chi connectivity index (χ4v) is 5.48. The van der Waals surface area contributed by atoms with Crippen molar-refractivity contribution in [3.63, 3.8) is 0 Å². The van der Waals surface area contributed by atoms with E-state index in [1.165, 1.54) is 55.3 Å². The van der Waals surface area contributed by atoms with Crippen LogP contribution in [0, 0.1) is 0 Å². The third kappa shape index (κ3) is 2.32. The summed E-state index contributed by atoms with van der Waals surface area (Å²) in [7, 11) is 0. The molecule has 1 heteroatoms. The van der Waals surface area contributed by atoms with Crippen LogP contribution in [-0.4, -0.2) is 0 Å². The standard InChI is InChI=1S/C26H18S/c1-5-17-13-20(9-1)25-22-11-3-7-19-8-4-12-23(24(19)22)26(25)21-10-2-6-18(14-21)16-27-15-17/h1-14H,15-16H2. The van der Waals surface area contributed by atoms with E-state index in [-0.39, 0.29) is 0 Å². The summed E-state index contributed by atoms with van der Waals surface area (Å²) in [5, 5.41) is 2.72. The van der Waals surface area contributed by atoms with Gasteiger partial charge < -0.3 is 0 Å². The summed E-state index contributed by atoms with van der Waals surface area (Å²) in [4.78, 5) is 0. The van der Waals surface area contributed by atoms with E-state index in [0.717, 1.165) is 11.5 Å². The van der Waals surface area contributed by atoms with E-state index < -0.39 is 0 Å². The molecule has 1 aliphatic heterocycles. The van der Waals surface area contributed by atoms with E-state index in [0.29, 0.717) is 0 Å². The zero-order chi connectivity index (χ0) is 17.8. The molecule has 27 heavy (non-hydrogen) atoms. The first kappa shape index (κ1) is 15.3. The maximum absolute atomic E-state index is 2.39.